The number of hydrogen-bond acceptors (Lipinski definition) is 7. The Labute approximate surface area is 137 Å². The first-order valence-electron chi connectivity index (χ1n) is 7.96. The summed E-state index contributed by atoms with van der Waals surface area (Å²) in [5, 5.41) is 20.1. The normalized spacial score (nSPS) is 19.3. The molecule has 1 saturated heterocycles. The lowest BCUT2D eigenvalue weighted by molar-refractivity contribution is 0.0125. The molecule has 1 aliphatic rings. The Morgan fingerprint density at radius 1 is 1.18 bits per heavy atom. The van der Waals surface area contributed by atoms with E-state index in [0.717, 1.165) is 44.3 Å². The number of aromatic nitrogens is 2. The van der Waals surface area contributed by atoms with Gasteiger partial charge in [-0.1, -0.05) is 32.1 Å². The third-order valence-corrected chi connectivity index (χ3v) is 4.79. The number of rotatable bonds is 6. The van der Waals surface area contributed by atoms with E-state index in [9.17, 15) is 5.11 Å². The van der Waals surface area contributed by atoms with Crippen molar-refractivity contribution in [2.45, 2.75) is 40.3 Å². The maximum absolute atomic E-state index is 10.2. The molecule has 0 saturated carbocycles. The molecular weight excluding hydrogens is 300 g/mol. The van der Waals surface area contributed by atoms with Gasteiger partial charge in [0.2, 0.25) is 0 Å². The summed E-state index contributed by atoms with van der Waals surface area (Å²) in [6.45, 7) is 14.4. The number of hydrogen-bond donors (Lipinski definition) is 1. The zero-order chi connectivity index (χ0) is 16.2. The number of nitrogens with zero attached hydrogens (tertiary/aromatic N) is 4. The molecule has 2 heterocycles. The molecular formula is C15H28N4O2S. The lowest BCUT2D eigenvalue weighted by Gasteiger charge is -2.37. The summed E-state index contributed by atoms with van der Waals surface area (Å²) in [7, 11) is 0. The monoisotopic (exact) mass is 328 g/mol. The zero-order valence-electron chi connectivity index (χ0n) is 14.1. The molecule has 7 heteroatoms. The van der Waals surface area contributed by atoms with Crippen molar-refractivity contribution < 1.29 is 9.84 Å². The second-order valence-corrected chi connectivity index (χ2v) is 7.88. The summed E-state index contributed by atoms with van der Waals surface area (Å²) >= 11 is 1.53. The van der Waals surface area contributed by atoms with Crippen LogP contribution < -0.4 is 4.74 Å². The minimum atomic E-state index is -0.282. The minimum Gasteiger partial charge on any atom is -0.469 e. The van der Waals surface area contributed by atoms with Crippen LogP contribution in [0.5, 0.6) is 5.19 Å². The Bertz CT molecular complexity index is 453. The summed E-state index contributed by atoms with van der Waals surface area (Å²) in [5.74, 6) is 0. The highest BCUT2D eigenvalue weighted by Crippen LogP contribution is 2.22. The van der Waals surface area contributed by atoms with Crippen molar-refractivity contribution in [3.63, 3.8) is 0 Å². The first-order chi connectivity index (χ1) is 10.4. The highest BCUT2D eigenvalue weighted by molar-refractivity contribution is 7.13. The van der Waals surface area contributed by atoms with E-state index in [1.54, 1.807) is 0 Å². The zero-order valence-corrected chi connectivity index (χ0v) is 14.9. The van der Waals surface area contributed by atoms with Crippen LogP contribution in [0, 0.1) is 5.41 Å². The highest BCUT2D eigenvalue weighted by atomic mass is 32.1. The fourth-order valence-electron chi connectivity index (χ4n) is 2.32. The molecule has 0 radical (unpaired) electrons. The van der Waals surface area contributed by atoms with E-state index in [-0.39, 0.29) is 11.5 Å². The van der Waals surface area contributed by atoms with Gasteiger partial charge < -0.3 is 9.84 Å². The van der Waals surface area contributed by atoms with Crippen molar-refractivity contribution >= 4 is 11.3 Å². The Balaban J connectivity index is 1.74. The van der Waals surface area contributed by atoms with Crippen molar-refractivity contribution in [3.8, 4) is 5.19 Å². The number of β-amino-alcohol motifs (C(OH)–C–C–N with tert-alkyl or cyclic N) is 1. The lowest BCUT2D eigenvalue weighted by atomic mass is 9.89. The molecule has 0 aliphatic carbocycles. The van der Waals surface area contributed by atoms with Gasteiger partial charge in [0.15, 0.2) is 0 Å². The second-order valence-electron chi connectivity index (χ2n) is 6.85. The molecule has 6 nitrogen and oxygen atoms in total. The van der Waals surface area contributed by atoms with E-state index >= 15 is 0 Å². The van der Waals surface area contributed by atoms with Gasteiger partial charge in [0.05, 0.1) is 19.3 Å². The van der Waals surface area contributed by atoms with Crippen molar-refractivity contribution in [2.24, 2.45) is 5.41 Å². The summed E-state index contributed by atoms with van der Waals surface area (Å²) < 4.78 is 5.36. The van der Waals surface area contributed by atoms with Crippen LogP contribution >= 0.6 is 11.3 Å². The Hall–Kier alpha value is -0.760. The third kappa shape index (κ3) is 5.15. The molecule has 1 aromatic heterocycles. The van der Waals surface area contributed by atoms with Gasteiger partial charge in [0.25, 0.3) is 5.19 Å². The van der Waals surface area contributed by atoms with Crippen LogP contribution in [0.15, 0.2) is 0 Å². The van der Waals surface area contributed by atoms with Crippen LogP contribution in [0.4, 0.5) is 0 Å². The van der Waals surface area contributed by atoms with Gasteiger partial charge in [0, 0.05) is 32.7 Å². The average Bonchev–Trinajstić information content (AvgIpc) is 2.88. The van der Waals surface area contributed by atoms with Gasteiger partial charge in [-0.25, -0.2) is 0 Å². The summed E-state index contributed by atoms with van der Waals surface area (Å²) in [5.41, 5.74) is -0.0562. The topological polar surface area (TPSA) is 61.7 Å². The van der Waals surface area contributed by atoms with E-state index in [1.165, 1.54) is 11.3 Å². The maximum Gasteiger partial charge on any atom is 0.294 e. The SMILES string of the molecule is CCOc1nnc(CN2CCN(CC(O)C(C)(C)C)CC2)s1. The molecule has 0 aromatic carbocycles. The van der Waals surface area contributed by atoms with Crippen molar-refractivity contribution in [2.75, 3.05) is 39.3 Å². The highest BCUT2D eigenvalue weighted by Gasteiger charge is 2.26. The summed E-state index contributed by atoms with van der Waals surface area (Å²) in [6, 6.07) is 0. The fourth-order valence-corrected chi connectivity index (χ4v) is 3.11. The maximum atomic E-state index is 10.2. The van der Waals surface area contributed by atoms with E-state index in [0.29, 0.717) is 11.8 Å². The van der Waals surface area contributed by atoms with Gasteiger partial charge in [-0.15, -0.1) is 10.2 Å². The first-order valence-corrected chi connectivity index (χ1v) is 8.78. The average molecular weight is 328 g/mol. The lowest BCUT2D eigenvalue weighted by Crippen LogP contribution is -2.49. The van der Waals surface area contributed by atoms with E-state index in [1.807, 2.05) is 6.92 Å². The largest absolute Gasteiger partial charge is 0.469 e. The number of piperazine rings is 1. The number of ether oxygens (including phenoxy) is 1. The van der Waals surface area contributed by atoms with Crippen molar-refractivity contribution in [1.29, 1.82) is 0 Å². The molecule has 2 rings (SSSR count). The number of aliphatic hydroxyl groups is 1. The molecule has 0 amide bonds. The quantitative estimate of drug-likeness (QED) is 0.853. The van der Waals surface area contributed by atoms with Crippen molar-refractivity contribution in [3.05, 3.63) is 5.01 Å². The molecule has 126 valence electrons. The van der Waals surface area contributed by atoms with Crippen LogP contribution in [-0.2, 0) is 6.54 Å². The van der Waals surface area contributed by atoms with Gasteiger partial charge in [-0.2, -0.15) is 0 Å². The molecule has 22 heavy (non-hydrogen) atoms. The first kappa shape index (κ1) is 17.6. The van der Waals surface area contributed by atoms with Gasteiger partial charge >= 0.3 is 0 Å². The molecule has 1 unspecified atom stereocenters. The van der Waals surface area contributed by atoms with Crippen LogP contribution in [0.25, 0.3) is 0 Å². The van der Waals surface area contributed by atoms with E-state index in [4.69, 9.17) is 4.74 Å². The molecule has 1 N–H and O–H groups in total. The Kier molecular flexibility index (Phi) is 6.14. The Morgan fingerprint density at radius 3 is 2.41 bits per heavy atom. The minimum absolute atomic E-state index is 0.0562. The van der Waals surface area contributed by atoms with Crippen LogP contribution in [0.1, 0.15) is 32.7 Å². The van der Waals surface area contributed by atoms with Crippen molar-refractivity contribution in [1.82, 2.24) is 20.0 Å². The summed E-state index contributed by atoms with van der Waals surface area (Å²) in [6.07, 6.45) is -0.282. The van der Waals surface area contributed by atoms with Crippen LogP contribution in [-0.4, -0.2) is 70.5 Å². The Morgan fingerprint density at radius 2 is 1.82 bits per heavy atom. The standard InChI is InChI=1S/C15H28N4O2S/c1-5-21-14-17-16-13(22-14)11-19-8-6-18(7-9-19)10-12(20)15(2,3)4/h12,20H,5-11H2,1-4H3. The third-order valence-electron chi connectivity index (χ3n) is 3.97. The predicted molar refractivity (Wildman–Crippen MR) is 88.3 cm³/mol. The van der Waals surface area contributed by atoms with Gasteiger partial charge in [0.1, 0.15) is 5.01 Å². The second kappa shape index (κ2) is 7.68. The molecule has 0 bridgehead atoms. The molecule has 1 aromatic rings. The molecule has 1 atom stereocenters. The number of aliphatic hydroxyl groups excluding tert-OH is 1. The predicted octanol–water partition coefficient (Wildman–Crippen LogP) is 1.46. The smallest absolute Gasteiger partial charge is 0.294 e. The van der Waals surface area contributed by atoms with Gasteiger partial charge in [-0.05, 0) is 12.3 Å². The molecule has 1 aliphatic heterocycles. The van der Waals surface area contributed by atoms with Crippen LogP contribution in [0.2, 0.25) is 0 Å². The molecule has 0 spiro atoms. The van der Waals surface area contributed by atoms with Gasteiger partial charge in [-0.3, -0.25) is 9.80 Å². The fraction of sp³-hybridized carbons (Fsp3) is 0.867. The van der Waals surface area contributed by atoms with E-state index < -0.39 is 0 Å². The van der Waals surface area contributed by atoms with E-state index in [2.05, 4.69) is 40.8 Å². The molecule has 1 fully saturated rings. The summed E-state index contributed by atoms with van der Waals surface area (Å²) in [4.78, 5) is 4.73. The van der Waals surface area contributed by atoms with Crippen LogP contribution in [0.3, 0.4) is 0 Å².